The lowest BCUT2D eigenvalue weighted by Gasteiger charge is -2.07. The molecule has 0 N–H and O–H groups in total. The highest BCUT2D eigenvalue weighted by Gasteiger charge is 2.26. The van der Waals surface area contributed by atoms with Gasteiger partial charge in [0.2, 0.25) is 12.6 Å². The van der Waals surface area contributed by atoms with Gasteiger partial charge in [-0.1, -0.05) is 6.07 Å². The highest BCUT2D eigenvalue weighted by molar-refractivity contribution is 6.00. The predicted molar refractivity (Wildman–Crippen MR) is 68.7 cm³/mol. The normalized spacial score (nSPS) is 13.8. The van der Waals surface area contributed by atoms with Crippen LogP contribution in [0.5, 0.6) is 11.5 Å². The van der Waals surface area contributed by atoms with E-state index in [0.717, 1.165) is 0 Å². The van der Waals surface area contributed by atoms with E-state index in [1.54, 1.807) is 37.3 Å². The number of Topliss-reactive ketones (excluding diaryl/α,β-unsaturated/α-hetero) is 1. The lowest BCUT2D eigenvalue weighted by atomic mass is 9.94. The van der Waals surface area contributed by atoms with Gasteiger partial charge in [0.05, 0.1) is 6.07 Å². The van der Waals surface area contributed by atoms with E-state index in [-0.39, 0.29) is 18.3 Å². The highest BCUT2D eigenvalue weighted by Crippen LogP contribution is 2.35. The number of hydrogen-bond acceptors (Lipinski definition) is 5. The van der Waals surface area contributed by atoms with Gasteiger partial charge in [-0.3, -0.25) is 4.79 Å². The van der Waals surface area contributed by atoms with Gasteiger partial charge >= 0.3 is 0 Å². The molecule has 1 aromatic carbocycles. The first-order valence-electron chi connectivity index (χ1n) is 6.09. The van der Waals surface area contributed by atoms with Crippen LogP contribution in [0.25, 0.3) is 0 Å². The molecule has 100 valence electrons. The second-order valence-electron chi connectivity index (χ2n) is 4.45. The van der Waals surface area contributed by atoms with E-state index in [9.17, 15) is 10.1 Å². The fraction of sp³-hybridized carbons (Fsp3) is 0.200. The van der Waals surface area contributed by atoms with Crippen molar-refractivity contribution in [3.8, 4) is 17.6 Å². The van der Waals surface area contributed by atoms with Gasteiger partial charge in [0.25, 0.3) is 0 Å². The lowest BCUT2D eigenvalue weighted by Crippen LogP contribution is -2.10. The van der Waals surface area contributed by atoms with Crippen LogP contribution in [0, 0.1) is 18.3 Å². The van der Waals surface area contributed by atoms with Gasteiger partial charge < -0.3 is 13.9 Å². The van der Waals surface area contributed by atoms with Crippen molar-refractivity contribution < 1.29 is 18.7 Å². The molecule has 0 radical (unpaired) electrons. The minimum absolute atomic E-state index is 0.154. The van der Waals surface area contributed by atoms with Gasteiger partial charge in [-0.2, -0.15) is 5.26 Å². The van der Waals surface area contributed by atoms with Gasteiger partial charge in [-0.05, 0) is 36.8 Å². The van der Waals surface area contributed by atoms with Crippen molar-refractivity contribution in [3.63, 3.8) is 0 Å². The maximum atomic E-state index is 12.3. The molecular formula is C15H11NO4. The van der Waals surface area contributed by atoms with E-state index in [1.807, 2.05) is 6.07 Å². The number of benzene rings is 1. The van der Waals surface area contributed by atoms with Crippen molar-refractivity contribution in [2.45, 2.75) is 12.8 Å². The fourth-order valence-corrected chi connectivity index (χ4v) is 2.09. The Labute approximate surface area is 115 Å². The summed E-state index contributed by atoms with van der Waals surface area (Å²) >= 11 is 0. The molecule has 0 aliphatic carbocycles. The predicted octanol–water partition coefficient (Wildman–Crippen LogP) is 2.81. The summed E-state index contributed by atoms with van der Waals surface area (Å²) in [6.07, 6.45) is 0. The Morgan fingerprint density at radius 2 is 2.05 bits per heavy atom. The van der Waals surface area contributed by atoms with Crippen LogP contribution in [0.4, 0.5) is 0 Å². The number of fused-ring (bicyclic) bond motifs is 1. The highest BCUT2D eigenvalue weighted by atomic mass is 16.7. The number of hydrogen-bond donors (Lipinski definition) is 0. The third-order valence-corrected chi connectivity index (χ3v) is 3.10. The number of ether oxygens (including phenoxy) is 2. The summed E-state index contributed by atoms with van der Waals surface area (Å²) in [5.74, 6) is 0.704. The maximum absolute atomic E-state index is 12.3. The zero-order valence-electron chi connectivity index (χ0n) is 10.8. The van der Waals surface area contributed by atoms with Gasteiger partial charge in [-0.15, -0.1) is 0 Å². The molecule has 0 saturated heterocycles. The number of carbonyl (C=O) groups excluding carboxylic acids is 1. The largest absolute Gasteiger partial charge is 0.458 e. The summed E-state index contributed by atoms with van der Waals surface area (Å²) in [5, 5.41) is 9.28. The average molecular weight is 269 g/mol. The topological polar surface area (TPSA) is 72.5 Å². The molecule has 5 heteroatoms. The molecule has 1 atom stereocenters. The molecule has 1 unspecified atom stereocenters. The van der Waals surface area contributed by atoms with Crippen LogP contribution in [0.2, 0.25) is 0 Å². The maximum Gasteiger partial charge on any atom is 0.231 e. The monoisotopic (exact) mass is 269 g/mol. The smallest absolute Gasteiger partial charge is 0.231 e. The summed E-state index contributed by atoms with van der Waals surface area (Å²) in [6.45, 7) is 1.90. The van der Waals surface area contributed by atoms with Crippen molar-refractivity contribution in [2.75, 3.05) is 6.79 Å². The average Bonchev–Trinajstić information content (AvgIpc) is 3.07. The summed E-state index contributed by atoms with van der Waals surface area (Å²) < 4.78 is 15.7. The van der Waals surface area contributed by atoms with E-state index in [1.165, 1.54) is 0 Å². The standard InChI is InChI=1S/C15H11NO4/c1-9-2-4-13(20-9)15(17)11(7-16)10-3-5-12-14(6-10)19-8-18-12/h2-6,11H,8H2,1H3. The minimum atomic E-state index is -0.921. The van der Waals surface area contributed by atoms with Gasteiger partial charge in [-0.25, -0.2) is 0 Å². The van der Waals surface area contributed by atoms with E-state index in [0.29, 0.717) is 22.8 Å². The van der Waals surface area contributed by atoms with E-state index < -0.39 is 5.92 Å². The summed E-state index contributed by atoms with van der Waals surface area (Å²) in [7, 11) is 0. The fourth-order valence-electron chi connectivity index (χ4n) is 2.09. The quantitative estimate of drug-likeness (QED) is 0.801. The van der Waals surface area contributed by atoms with Crippen LogP contribution >= 0.6 is 0 Å². The lowest BCUT2D eigenvalue weighted by molar-refractivity contribution is 0.0950. The van der Waals surface area contributed by atoms with Crippen LogP contribution in [-0.4, -0.2) is 12.6 Å². The third kappa shape index (κ3) is 2.01. The Kier molecular flexibility index (Phi) is 2.92. The van der Waals surface area contributed by atoms with Crippen LogP contribution in [0.1, 0.15) is 27.8 Å². The zero-order valence-corrected chi connectivity index (χ0v) is 10.8. The number of carbonyl (C=O) groups is 1. The number of aryl methyl sites for hydroxylation is 1. The molecule has 0 spiro atoms. The van der Waals surface area contributed by atoms with Gasteiger partial charge in [0, 0.05) is 0 Å². The number of nitriles is 1. The molecule has 0 fully saturated rings. The number of ketones is 1. The number of nitrogens with zero attached hydrogens (tertiary/aromatic N) is 1. The second-order valence-corrected chi connectivity index (χ2v) is 4.45. The molecule has 0 bridgehead atoms. The molecule has 1 aliphatic heterocycles. The molecule has 1 aliphatic rings. The van der Waals surface area contributed by atoms with Gasteiger partial charge in [0.15, 0.2) is 17.3 Å². The summed E-state index contributed by atoms with van der Waals surface area (Å²) in [4.78, 5) is 12.3. The molecule has 5 nitrogen and oxygen atoms in total. The number of furan rings is 1. The Morgan fingerprint density at radius 3 is 2.75 bits per heavy atom. The first kappa shape index (κ1) is 12.3. The molecule has 2 heterocycles. The van der Waals surface area contributed by atoms with Gasteiger partial charge in [0.1, 0.15) is 11.7 Å². The van der Waals surface area contributed by atoms with E-state index in [2.05, 4.69) is 0 Å². The van der Waals surface area contributed by atoms with Crippen molar-refractivity contribution in [3.05, 3.63) is 47.4 Å². The molecule has 20 heavy (non-hydrogen) atoms. The Balaban J connectivity index is 1.94. The SMILES string of the molecule is Cc1ccc(C(=O)C(C#N)c2ccc3c(c2)OCO3)o1. The molecule has 0 amide bonds. The Morgan fingerprint density at radius 1 is 1.25 bits per heavy atom. The van der Waals surface area contributed by atoms with Crippen LogP contribution in [-0.2, 0) is 0 Å². The Hall–Kier alpha value is -2.74. The Bertz CT molecular complexity index is 711. The minimum Gasteiger partial charge on any atom is -0.458 e. The molecule has 1 aromatic heterocycles. The third-order valence-electron chi connectivity index (χ3n) is 3.10. The number of rotatable bonds is 3. The van der Waals surface area contributed by atoms with Crippen molar-refractivity contribution in [1.29, 1.82) is 5.26 Å². The molecule has 2 aromatic rings. The van der Waals surface area contributed by atoms with E-state index in [4.69, 9.17) is 13.9 Å². The summed E-state index contributed by atoms with van der Waals surface area (Å²) in [5.41, 5.74) is 0.566. The van der Waals surface area contributed by atoms with Crippen LogP contribution < -0.4 is 9.47 Å². The first-order chi connectivity index (χ1) is 9.69. The van der Waals surface area contributed by atoms with Crippen molar-refractivity contribution in [1.82, 2.24) is 0 Å². The van der Waals surface area contributed by atoms with Crippen molar-refractivity contribution in [2.24, 2.45) is 0 Å². The van der Waals surface area contributed by atoms with E-state index >= 15 is 0 Å². The van der Waals surface area contributed by atoms with Crippen molar-refractivity contribution >= 4 is 5.78 Å². The first-order valence-corrected chi connectivity index (χ1v) is 6.09. The zero-order chi connectivity index (χ0) is 14.1. The molecule has 0 saturated carbocycles. The van der Waals surface area contributed by atoms with Crippen LogP contribution in [0.3, 0.4) is 0 Å². The van der Waals surface area contributed by atoms with Crippen LogP contribution in [0.15, 0.2) is 34.7 Å². The second kappa shape index (κ2) is 4.74. The molecule has 3 rings (SSSR count). The summed E-state index contributed by atoms with van der Waals surface area (Å²) in [6, 6.07) is 10.3. The molecular weight excluding hydrogens is 258 g/mol.